The van der Waals surface area contributed by atoms with Gasteiger partial charge in [0.2, 0.25) is 0 Å². The minimum absolute atomic E-state index is 0. The van der Waals surface area contributed by atoms with Crippen LogP contribution in [0.4, 0.5) is 0 Å². The third-order valence-electron chi connectivity index (χ3n) is 0. The van der Waals surface area contributed by atoms with Gasteiger partial charge in [-0.15, -0.1) is 0 Å². The van der Waals surface area contributed by atoms with Gasteiger partial charge < -0.3 is 0 Å². The van der Waals surface area contributed by atoms with Crippen LogP contribution < -0.4 is 0 Å². The van der Waals surface area contributed by atoms with Crippen LogP contribution in [0, 0.1) is 0 Å². The minimum Gasteiger partial charge on any atom is 0 e. The molecule has 0 heterocycles. The molecule has 0 amide bonds. The number of hydrogen-bond acceptors (Lipinski definition) is 0. The third-order valence-corrected chi connectivity index (χ3v) is 0. The van der Waals surface area contributed by atoms with E-state index in [-0.39, 0.29) is 127 Å². The summed E-state index contributed by atoms with van der Waals surface area (Å²) < 4.78 is 0. The first-order valence-electron chi connectivity index (χ1n) is 0. The summed E-state index contributed by atoms with van der Waals surface area (Å²) in [7, 11) is 0. The van der Waals surface area contributed by atoms with Crippen LogP contribution in [0.25, 0.3) is 0 Å². The molecule has 0 nitrogen and oxygen atoms in total. The molecule has 0 unspecified atom stereocenters. The molecule has 6 heteroatoms. The monoisotopic (exact) mass is 502 g/mol. The Morgan fingerprint density at radius 3 is 0.500 bits per heavy atom. The zero-order chi connectivity index (χ0) is 0. The van der Waals surface area contributed by atoms with Crippen molar-refractivity contribution in [2.75, 3.05) is 0 Å². The summed E-state index contributed by atoms with van der Waals surface area (Å²) in [5.41, 5.74) is 0. The minimum atomic E-state index is 0. The standard InChI is InChI=1S/Al.2Mo.3Nb. The van der Waals surface area contributed by atoms with Gasteiger partial charge >= 0.3 is 0 Å². The Labute approximate surface area is 124 Å². The fourth-order valence-electron chi connectivity index (χ4n) is 0. The van der Waals surface area contributed by atoms with E-state index in [9.17, 15) is 0 Å². The Morgan fingerprint density at radius 2 is 0.500 bits per heavy atom. The zero-order valence-corrected chi connectivity index (χ0v) is 14.5. The van der Waals surface area contributed by atoms with Crippen molar-refractivity contribution in [1.82, 2.24) is 0 Å². The Kier molecular flexibility index (Phi) is 292. The Bertz CT molecular complexity index is 8.75. The summed E-state index contributed by atoms with van der Waals surface area (Å²) in [5.74, 6) is 0. The van der Waals surface area contributed by atoms with Crippen LogP contribution in [-0.2, 0) is 109 Å². The predicted molar refractivity (Wildman–Crippen MR) is 5.75 cm³/mol. The number of hydrogen-bond donors (Lipinski definition) is 0. The van der Waals surface area contributed by atoms with Crippen molar-refractivity contribution in [3.05, 3.63) is 0 Å². The van der Waals surface area contributed by atoms with Crippen molar-refractivity contribution in [3.63, 3.8) is 0 Å². The molecule has 0 aliphatic rings. The first-order chi connectivity index (χ1) is 0. The van der Waals surface area contributed by atoms with Gasteiger partial charge in [-0.3, -0.25) is 0 Å². The second kappa shape index (κ2) is 35.4. The topological polar surface area (TPSA) is 0 Å². The summed E-state index contributed by atoms with van der Waals surface area (Å²) in [4.78, 5) is 0. The molecule has 0 spiro atoms. The predicted octanol–water partition coefficient (Wildman–Crippen LogP) is -0.393. The normalized spacial score (nSPS) is 0. The maximum atomic E-state index is 0. The SMILES string of the molecule is [Al].[Mo].[Mo].[Nb].[Nb].[Nb]. The number of rotatable bonds is 0. The van der Waals surface area contributed by atoms with E-state index < -0.39 is 0 Å². The van der Waals surface area contributed by atoms with E-state index in [0.29, 0.717) is 0 Å². The largest absolute Gasteiger partial charge is 0 e. The molecule has 0 fully saturated rings. The second-order valence-corrected chi connectivity index (χ2v) is 0. The van der Waals surface area contributed by atoms with E-state index >= 15 is 0 Å². The molecule has 30 valence electrons. The summed E-state index contributed by atoms with van der Waals surface area (Å²) in [6.07, 6.45) is 0. The molecule has 6 heavy (non-hydrogen) atoms. The first-order valence-corrected chi connectivity index (χ1v) is 0. The van der Waals surface area contributed by atoms with Crippen LogP contribution in [0.1, 0.15) is 0 Å². The third kappa shape index (κ3) is 24.2. The second-order valence-electron chi connectivity index (χ2n) is 0. The van der Waals surface area contributed by atoms with E-state index in [0.717, 1.165) is 0 Å². The molecule has 0 aromatic carbocycles. The molecular formula is AlMo2Nb3. The molecule has 0 saturated carbocycles. The van der Waals surface area contributed by atoms with E-state index in [1.165, 1.54) is 0 Å². The maximum Gasteiger partial charge on any atom is 0 e. The van der Waals surface area contributed by atoms with Crippen LogP contribution in [0.3, 0.4) is 0 Å². The molecule has 0 aliphatic heterocycles. The van der Waals surface area contributed by atoms with Crippen molar-refractivity contribution < 1.29 is 109 Å². The maximum absolute atomic E-state index is 0. The van der Waals surface area contributed by atoms with Gasteiger partial charge in [-0.05, 0) is 0 Å². The quantitative estimate of drug-likeness (QED) is 0.400. The summed E-state index contributed by atoms with van der Waals surface area (Å²) in [5, 5.41) is 0. The zero-order valence-electron chi connectivity index (χ0n) is 2.74. The van der Waals surface area contributed by atoms with E-state index in [2.05, 4.69) is 0 Å². The average molecular weight is 498 g/mol. The van der Waals surface area contributed by atoms with Crippen molar-refractivity contribution in [1.29, 1.82) is 0 Å². The molecule has 0 aliphatic carbocycles. The van der Waals surface area contributed by atoms with E-state index in [1.807, 2.05) is 0 Å². The van der Waals surface area contributed by atoms with E-state index in [1.54, 1.807) is 0 Å². The van der Waals surface area contributed by atoms with Crippen molar-refractivity contribution in [2.45, 2.75) is 0 Å². The molecule has 0 saturated heterocycles. The summed E-state index contributed by atoms with van der Waals surface area (Å²) >= 11 is 0. The molecule has 0 aromatic rings. The fourth-order valence-corrected chi connectivity index (χ4v) is 0. The van der Waals surface area contributed by atoms with Gasteiger partial charge in [0.15, 0.2) is 0 Å². The average Bonchev–Trinajstić information content (AvgIpc) is 0. The van der Waals surface area contributed by atoms with Crippen LogP contribution in [0.5, 0.6) is 0 Å². The first kappa shape index (κ1) is 49.5. The van der Waals surface area contributed by atoms with Crippen LogP contribution in [-0.4, -0.2) is 17.4 Å². The van der Waals surface area contributed by atoms with Gasteiger partial charge in [0.05, 0.1) is 0 Å². The fraction of sp³-hybridized carbons (Fsp3) is 0. The summed E-state index contributed by atoms with van der Waals surface area (Å²) in [6, 6.07) is 0. The van der Waals surface area contributed by atoms with Gasteiger partial charge in [0.25, 0.3) is 0 Å². The van der Waals surface area contributed by atoms with Crippen LogP contribution in [0.15, 0.2) is 0 Å². The molecule has 0 rings (SSSR count). The van der Waals surface area contributed by atoms with Gasteiger partial charge in [0.1, 0.15) is 0 Å². The molecule has 6 radical (unpaired) electrons. The van der Waals surface area contributed by atoms with Gasteiger partial charge in [0, 0.05) is 127 Å². The van der Waals surface area contributed by atoms with Gasteiger partial charge in [-0.1, -0.05) is 0 Å². The van der Waals surface area contributed by atoms with E-state index in [4.69, 9.17) is 0 Å². The van der Waals surface area contributed by atoms with Crippen LogP contribution in [0.2, 0.25) is 0 Å². The van der Waals surface area contributed by atoms with Crippen LogP contribution >= 0.6 is 0 Å². The summed E-state index contributed by atoms with van der Waals surface area (Å²) in [6.45, 7) is 0. The Hall–Kier alpha value is 4.13. The Balaban J connectivity index is 0. The molecule has 0 bridgehead atoms. The molecular weight excluding hydrogens is 498 g/mol. The molecule has 0 aromatic heterocycles. The van der Waals surface area contributed by atoms with Crippen molar-refractivity contribution >= 4 is 17.4 Å². The van der Waals surface area contributed by atoms with Crippen molar-refractivity contribution in [2.24, 2.45) is 0 Å². The van der Waals surface area contributed by atoms with Gasteiger partial charge in [-0.25, -0.2) is 0 Å². The van der Waals surface area contributed by atoms with Gasteiger partial charge in [-0.2, -0.15) is 0 Å². The molecule has 0 N–H and O–H groups in total. The Morgan fingerprint density at radius 1 is 0.500 bits per heavy atom. The molecule has 0 atom stereocenters. The smallest absolute Gasteiger partial charge is 0 e. The van der Waals surface area contributed by atoms with Crippen molar-refractivity contribution in [3.8, 4) is 0 Å².